The molecule has 25 heavy (non-hydrogen) atoms. The molecule has 1 atom stereocenters. The molecule has 0 saturated carbocycles. The molecule has 2 aromatic heterocycles. The van der Waals surface area contributed by atoms with E-state index in [1.54, 1.807) is 18.2 Å². The number of carbonyl (C=O) groups is 2. The number of piperidine rings is 1. The van der Waals surface area contributed by atoms with Crippen molar-refractivity contribution < 1.29 is 14.3 Å². The normalized spacial score (nSPS) is 24.0. The molecular weight excluding hydrogens is 340 g/mol. The fraction of sp³-hybridized carbons (Fsp3) is 0.588. The Morgan fingerprint density at radius 3 is 3.08 bits per heavy atom. The molecule has 0 N–H and O–H groups in total. The highest BCUT2D eigenvalue weighted by atomic mass is 32.1. The smallest absolute Gasteiger partial charge is 0.274 e. The first-order valence-corrected chi connectivity index (χ1v) is 9.51. The minimum atomic E-state index is -0.418. The molecule has 0 aromatic carbocycles. The number of imidazole rings is 1. The second-order valence-corrected chi connectivity index (χ2v) is 7.74. The molecule has 2 aliphatic rings. The zero-order chi connectivity index (χ0) is 17.4. The van der Waals surface area contributed by atoms with Crippen LogP contribution in [0.5, 0.6) is 0 Å². The molecule has 1 spiro atoms. The van der Waals surface area contributed by atoms with E-state index in [0.717, 1.165) is 30.8 Å². The highest BCUT2D eigenvalue weighted by Crippen LogP contribution is 2.40. The van der Waals surface area contributed by atoms with Gasteiger partial charge in [-0.2, -0.15) is 0 Å². The van der Waals surface area contributed by atoms with E-state index in [1.165, 1.54) is 11.3 Å². The van der Waals surface area contributed by atoms with E-state index in [4.69, 9.17) is 4.74 Å². The minimum absolute atomic E-state index is 0.0745. The van der Waals surface area contributed by atoms with Gasteiger partial charge in [0.2, 0.25) is 5.91 Å². The average Bonchev–Trinajstić information content (AvgIpc) is 3.30. The molecule has 2 amide bonds. The number of methoxy groups -OCH3 is 1. The third-order valence-electron chi connectivity index (χ3n) is 5.34. The van der Waals surface area contributed by atoms with Crippen LogP contribution < -0.4 is 0 Å². The van der Waals surface area contributed by atoms with Crippen molar-refractivity contribution in [1.82, 2.24) is 19.2 Å². The Balaban J connectivity index is 1.48. The third-order valence-corrected chi connectivity index (χ3v) is 6.11. The van der Waals surface area contributed by atoms with Gasteiger partial charge in [0, 0.05) is 51.1 Å². The van der Waals surface area contributed by atoms with Crippen LogP contribution in [0.15, 0.2) is 17.8 Å². The van der Waals surface area contributed by atoms with Gasteiger partial charge < -0.3 is 14.5 Å². The van der Waals surface area contributed by atoms with E-state index in [1.807, 2.05) is 20.9 Å². The third kappa shape index (κ3) is 2.83. The molecule has 7 nitrogen and oxygen atoms in total. The first-order valence-electron chi connectivity index (χ1n) is 8.63. The number of rotatable bonds is 4. The lowest BCUT2D eigenvalue weighted by atomic mass is 9.78. The lowest BCUT2D eigenvalue weighted by Gasteiger charge is -2.39. The maximum atomic E-state index is 13.0. The highest BCUT2D eigenvalue weighted by Gasteiger charge is 2.49. The second kappa shape index (κ2) is 6.42. The number of nitrogens with zero attached hydrogens (tertiary/aromatic N) is 4. The highest BCUT2D eigenvalue weighted by molar-refractivity contribution is 7.15. The standard InChI is InChI=1S/C17H22N4O3S/c1-24-9-7-19-5-2-3-17(15(19)23)4-6-21(12-17)14(22)13-11-20-8-10-25-16(20)18-13/h8,10-11H,2-7,9,12H2,1H3. The van der Waals surface area contributed by atoms with Crippen molar-refractivity contribution in [3.05, 3.63) is 23.5 Å². The van der Waals surface area contributed by atoms with Crippen molar-refractivity contribution in [3.63, 3.8) is 0 Å². The molecule has 2 aromatic rings. The zero-order valence-corrected chi connectivity index (χ0v) is 15.1. The SMILES string of the molecule is COCCN1CCCC2(CCN(C(=O)c3cn4ccsc4n3)C2)C1=O. The van der Waals surface area contributed by atoms with Gasteiger partial charge in [0.25, 0.3) is 5.91 Å². The number of thiazole rings is 1. The van der Waals surface area contributed by atoms with Crippen molar-refractivity contribution in [2.45, 2.75) is 19.3 Å². The number of ether oxygens (including phenoxy) is 1. The topological polar surface area (TPSA) is 67.2 Å². The van der Waals surface area contributed by atoms with Crippen molar-refractivity contribution in [2.24, 2.45) is 5.41 Å². The van der Waals surface area contributed by atoms with E-state index in [0.29, 0.717) is 31.9 Å². The fourth-order valence-corrected chi connectivity index (χ4v) is 4.68. The van der Waals surface area contributed by atoms with Crippen LogP contribution in [0, 0.1) is 5.41 Å². The van der Waals surface area contributed by atoms with Gasteiger partial charge in [-0.25, -0.2) is 4.98 Å². The van der Waals surface area contributed by atoms with Gasteiger partial charge in [-0.1, -0.05) is 0 Å². The Kier molecular flexibility index (Phi) is 4.24. The lowest BCUT2D eigenvalue weighted by molar-refractivity contribution is -0.146. The number of hydrogen-bond acceptors (Lipinski definition) is 5. The maximum Gasteiger partial charge on any atom is 0.274 e. The zero-order valence-electron chi connectivity index (χ0n) is 14.3. The van der Waals surface area contributed by atoms with E-state index >= 15 is 0 Å². The summed E-state index contributed by atoms with van der Waals surface area (Å²) < 4.78 is 6.98. The summed E-state index contributed by atoms with van der Waals surface area (Å²) in [5.74, 6) is 0.103. The summed E-state index contributed by atoms with van der Waals surface area (Å²) in [5, 5.41) is 1.94. The Morgan fingerprint density at radius 1 is 1.40 bits per heavy atom. The van der Waals surface area contributed by atoms with Gasteiger partial charge in [0.05, 0.1) is 12.0 Å². The Bertz CT molecular complexity index is 772. The van der Waals surface area contributed by atoms with Crippen LogP contribution in [0.4, 0.5) is 0 Å². The van der Waals surface area contributed by atoms with Gasteiger partial charge in [0.15, 0.2) is 4.96 Å². The van der Waals surface area contributed by atoms with Crippen LogP contribution in [-0.4, -0.2) is 70.9 Å². The average molecular weight is 362 g/mol. The fourth-order valence-electron chi connectivity index (χ4n) is 3.98. The number of amides is 2. The van der Waals surface area contributed by atoms with Gasteiger partial charge in [-0.3, -0.25) is 14.0 Å². The minimum Gasteiger partial charge on any atom is -0.383 e. The Morgan fingerprint density at radius 2 is 2.28 bits per heavy atom. The number of likely N-dealkylation sites (tertiary alicyclic amines) is 2. The van der Waals surface area contributed by atoms with Crippen LogP contribution in [0.3, 0.4) is 0 Å². The molecule has 2 fully saturated rings. The summed E-state index contributed by atoms with van der Waals surface area (Å²) >= 11 is 1.51. The van der Waals surface area contributed by atoms with Crippen LogP contribution in [-0.2, 0) is 9.53 Å². The van der Waals surface area contributed by atoms with E-state index in [-0.39, 0.29) is 11.8 Å². The molecule has 4 rings (SSSR count). The largest absolute Gasteiger partial charge is 0.383 e. The van der Waals surface area contributed by atoms with Crippen molar-refractivity contribution >= 4 is 28.1 Å². The van der Waals surface area contributed by atoms with E-state index in [2.05, 4.69) is 4.98 Å². The molecule has 2 aliphatic heterocycles. The molecular formula is C17H22N4O3S. The first kappa shape index (κ1) is 16.5. The predicted octanol–water partition coefficient (Wildman–Crippen LogP) is 1.50. The van der Waals surface area contributed by atoms with Crippen LogP contribution >= 0.6 is 11.3 Å². The molecule has 0 bridgehead atoms. The molecule has 4 heterocycles. The molecule has 134 valence electrons. The Labute approximate surface area is 150 Å². The number of hydrogen-bond donors (Lipinski definition) is 0. The summed E-state index contributed by atoms with van der Waals surface area (Å²) in [6, 6.07) is 0. The summed E-state index contributed by atoms with van der Waals surface area (Å²) in [7, 11) is 1.65. The molecule has 0 radical (unpaired) electrons. The lowest BCUT2D eigenvalue weighted by Crippen LogP contribution is -2.51. The predicted molar refractivity (Wildman–Crippen MR) is 93.7 cm³/mol. The van der Waals surface area contributed by atoms with Gasteiger partial charge in [-0.15, -0.1) is 11.3 Å². The van der Waals surface area contributed by atoms with Gasteiger partial charge in [0.1, 0.15) is 5.69 Å². The Hall–Kier alpha value is -1.93. The molecule has 8 heteroatoms. The first-order chi connectivity index (χ1) is 12.1. The number of fused-ring (bicyclic) bond motifs is 1. The van der Waals surface area contributed by atoms with Crippen molar-refractivity contribution in [3.8, 4) is 0 Å². The summed E-state index contributed by atoms with van der Waals surface area (Å²) in [6.45, 7) is 3.08. The number of aromatic nitrogens is 2. The van der Waals surface area contributed by atoms with Crippen molar-refractivity contribution in [1.29, 1.82) is 0 Å². The van der Waals surface area contributed by atoms with E-state index in [9.17, 15) is 9.59 Å². The molecule has 0 aliphatic carbocycles. The molecule has 2 saturated heterocycles. The van der Waals surface area contributed by atoms with Gasteiger partial charge in [-0.05, 0) is 19.3 Å². The summed E-state index contributed by atoms with van der Waals surface area (Å²) in [6.07, 6.45) is 6.25. The monoisotopic (exact) mass is 362 g/mol. The van der Waals surface area contributed by atoms with E-state index < -0.39 is 5.41 Å². The summed E-state index contributed by atoms with van der Waals surface area (Å²) in [5.41, 5.74) is 0.0436. The maximum absolute atomic E-state index is 13.0. The van der Waals surface area contributed by atoms with Gasteiger partial charge >= 0.3 is 0 Å². The van der Waals surface area contributed by atoms with Crippen LogP contribution in [0.2, 0.25) is 0 Å². The van der Waals surface area contributed by atoms with Crippen molar-refractivity contribution in [2.75, 3.05) is 39.9 Å². The number of carbonyl (C=O) groups excluding carboxylic acids is 2. The molecule has 1 unspecified atom stereocenters. The second-order valence-electron chi connectivity index (χ2n) is 6.86. The summed E-state index contributed by atoms with van der Waals surface area (Å²) in [4.78, 5) is 34.7. The van der Waals surface area contributed by atoms with Crippen LogP contribution in [0.1, 0.15) is 29.8 Å². The quantitative estimate of drug-likeness (QED) is 0.827. The van der Waals surface area contributed by atoms with Crippen LogP contribution in [0.25, 0.3) is 4.96 Å².